The van der Waals surface area contributed by atoms with Gasteiger partial charge in [-0.05, 0) is 6.07 Å². The van der Waals surface area contributed by atoms with E-state index in [1.54, 1.807) is 0 Å². The fraction of sp³-hybridized carbons (Fsp3) is 0.222. The summed E-state index contributed by atoms with van der Waals surface area (Å²) in [6.07, 6.45) is -0.661. The number of alkyl halides is 2. The van der Waals surface area contributed by atoms with Crippen LogP contribution >= 0.6 is 11.6 Å². The van der Waals surface area contributed by atoms with E-state index in [9.17, 15) is 18.0 Å². The van der Waals surface area contributed by atoms with Crippen LogP contribution in [0.15, 0.2) is 12.1 Å². The zero-order valence-corrected chi connectivity index (χ0v) is 8.47. The Kier molecular flexibility index (Phi) is 4.00. The van der Waals surface area contributed by atoms with Crippen molar-refractivity contribution in [2.45, 2.75) is 13.0 Å². The second-order valence-corrected chi connectivity index (χ2v) is 3.23. The SMILES string of the molecule is O=C(O)Cc1cc(OC(F)F)cc(Cl)c1F. The molecular formula is C9H6ClF3O3. The van der Waals surface area contributed by atoms with Crippen LogP contribution in [0.1, 0.15) is 5.56 Å². The summed E-state index contributed by atoms with van der Waals surface area (Å²) in [6.45, 7) is -3.08. The summed E-state index contributed by atoms with van der Waals surface area (Å²) < 4.78 is 41.0. The second kappa shape index (κ2) is 5.07. The number of hydrogen-bond donors (Lipinski definition) is 1. The summed E-state index contributed by atoms with van der Waals surface area (Å²) in [5, 5.41) is 7.99. The maximum atomic E-state index is 13.2. The largest absolute Gasteiger partial charge is 0.481 e. The van der Waals surface area contributed by atoms with Crippen LogP contribution in [-0.2, 0) is 11.2 Å². The summed E-state index contributed by atoms with van der Waals surface area (Å²) in [7, 11) is 0. The third kappa shape index (κ3) is 3.30. The molecule has 1 N–H and O–H groups in total. The van der Waals surface area contributed by atoms with E-state index in [0.29, 0.717) is 0 Å². The minimum Gasteiger partial charge on any atom is -0.481 e. The average Bonchev–Trinajstić information content (AvgIpc) is 2.11. The predicted octanol–water partition coefficient (Wildman–Crippen LogP) is 2.71. The summed E-state index contributed by atoms with van der Waals surface area (Å²) in [5.74, 6) is -2.63. The van der Waals surface area contributed by atoms with Crippen LogP contribution in [0, 0.1) is 5.82 Å². The van der Waals surface area contributed by atoms with E-state index in [-0.39, 0.29) is 11.3 Å². The van der Waals surface area contributed by atoms with Crippen LogP contribution in [-0.4, -0.2) is 17.7 Å². The molecule has 0 radical (unpaired) electrons. The van der Waals surface area contributed by atoms with Crippen LogP contribution in [0.2, 0.25) is 5.02 Å². The molecule has 16 heavy (non-hydrogen) atoms. The molecule has 0 unspecified atom stereocenters. The molecule has 0 aliphatic heterocycles. The zero-order valence-electron chi connectivity index (χ0n) is 7.71. The molecule has 1 rings (SSSR count). The van der Waals surface area contributed by atoms with Gasteiger partial charge in [0, 0.05) is 11.6 Å². The summed E-state index contributed by atoms with van der Waals surface area (Å²) >= 11 is 5.39. The highest BCUT2D eigenvalue weighted by Gasteiger charge is 2.14. The molecule has 0 bridgehead atoms. The van der Waals surface area contributed by atoms with Gasteiger partial charge in [-0.25, -0.2) is 4.39 Å². The van der Waals surface area contributed by atoms with E-state index in [1.807, 2.05) is 0 Å². The summed E-state index contributed by atoms with van der Waals surface area (Å²) in [6, 6.07) is 1.73. The Bertz CT molecular complexity index is 409. The molecule has 0 fully saturated rings. The summed E-state index contributed by atoms with van der Waals surface area (Å²) in [4.78, 5) is 10.4. The summed E-state index contributed by atoms with van der Waals surface area (Å²) in [5.41, 5.74) is -0.310. The highest BCUT2D eigenvalue weighted by atomic mass is 35.5. The van der Waals surface area contributed by atoms with Crippen molar-refractivity contribution in [3.8, 4) is 5.75 Å². The van der Waals surface area contributed by atoms with Gasteiger partial charge in [0.25, 0.3) is 0 Å². The van der Waals surface area contributed by atoms with Gasteiger partial charge < -0.3 is 9.84 Å². The van der Waals surface area contributed by atoms with Crippen molar-refractivity contribution in [2.75, 3.05) is 0 Å². The third-order valence-electron chi connectivity index (χ3n) is 1.64. The Morgan fingerprint density at radius 2 is 2.12 bits per heavy atom. The molecular weight excluding hydrogens is 249 g/mol. The molecule has 1 aromatic carbocycles. The Labute approximate surface area is 93.4 Å². The number of hydrogen-bond acceptors (Lipinski definition) is 2. The molecule has 0 aliphatic carbocycles. The van der Waals surface area contributed by atoms with Crippen molar-refractivity contribution >= 4 is 17.6 Å². The number of benzene rings is 1. The molecule has 0 heterocycles. The van der Waals surface area contributed by atoms with Crippen molar-refractivity contribution < 1.29 is 27.8 Å². The number of rotatable bonds is 4. The maximum absolute atomic E-state index is 13.2. The van der Waals surface area contributed by atoms with Crippen molar-refractivity contribution in [3.05, 3.63) is 28.5 Å². The monoisotopic (exact) mass is 254 g/mol. The fourth-order valence-electron chi connectivity index (χ4n) is 1.08. The molecule has 0 aromatic heterocycles. The molecule has 0 saturated heterocycles. The maximum Gasteiger partial charge on any atom is 0.387 e. The van der Waals surface area contributed by atoms with E-state index >= 15 is 0 Å². The van der Waals surface area contributed by atoms with Crippen molar-refractivity contribution in [1.29, 1.82) is 0 Å². The number of carboxylic acid groups (broad SMARTS) is 1. The molecule has 0 aliphatic rings. The first-order chi connectivity index (χ1) is 7.40. The Morgan fingerprint density at radius 3 is 2.62 bits per heavy atom. The molecule has 0 spiro atoms. The lowest BCUT2D eigenvalue weighted by atomic mass is 10.1. The van der Waals surface area contributed by atoms with Gasteiger partial charge in [0.05, 0.1) is 11.4 Å². The van der Waals surface area contributed by atoms with Crippen molar-refractivity contribution in [3.63, 3.8) is 0 Å². The number of ether oxygens (including phenoxy) is 1. The van der Waals surface area contributed by atoms with Gasteiger partial charge in [-0.1, -0.05) is 11.6 Å². The molecule has 88 valence electrons. The van der Waals surface area contributed by atoms with E-state index in [0.717, 1.165) is 12.1 Å². The number of carboxylic acids is 1. The smallest absolute Gasteiger partial charge is 0.387 e. The van der Waals surface area contributed by atoms with E-state index < -0.39 is 29.8 Å². The Balaban J connectivity index is 3.06. The van der Waals surface area contributed by atoms with Gasteiger partial charge in [-0.2, -0.15) is 8.78 Å². The average molecular weight is 255 g/mol. The standard InChI is InChI=1S/C9H6ClF3O3/c10-6-3-5(16-9(12)13)1-4(8(6)11)2-7(14)15/h1,3,9H,2H2,(H,14,15). The van der Waals surface area contributed by atoms with Crippen LogP contribution in [0.3, 0.4) is 0 Å². The first-order valence-corrected chi connectivity index (χ1v) is 4.42. The zero-order chi connectivity index (χ0) is 12.3. The Hall–Kier alpha value is -1.43. The lowest BCUT2D eigenvalue weighted by Gasteiger charge is -2.08. The molecule has 3 nitrogen and oxygen atoms in total. The number of halogens is 4. The lowest BCUT2D eigenvalue weighted by Crippen LogP contribution is -2.06. The second-order valence-electron chi connectivity index (χ2n) is 2.83. The fourth-order valence-corrected chi connectivity index (χ4v) is 1.31. The highest BCUT2D eigenvalue weighted by molar-refractivity contribution is 6.31. The highest BCUT2D eigenvalue weighted by Crippen LogP contribution is 2.26. The quantitative estimate of drug-likeness (QED) is 0.899. The predicted molar refractivity (Wildman–Crippen MR) is 49.4 cm³/mol. The molecule has 0 amide bonds. The van der Waals surface area contributed by atoms with Crippen LogP contribution in [0.25, 0.3) is 0 Å². The van der Waals surface area contributed by atoms with Gasteiger partial charge >= 0.3 is 12.6 Å². The van der Waals surface area contributed by atoms with Gasteiger partial charge in [0.15, 0.2) is 0 Å². The van der Waals surface area contributed by atoms with Gasteiger partial charge in [-0.15, -0.1) is 0 Å². The van der Waals surface area contributed by atoms with E-state index in [1.165, 1.54) is 0 Å². The first-order valence-electron chi connectivity index (χ1n) is 4.04. The van der Waals surface area contributed by atoms with E-state index in [4.69, 9.17) is 16.7 Å². The molecule has 0 atom stereocenters. The first kappa shape index (κ1) is 12.6. The topological polar surface area (TPSA) is 46.5 Å². The Morgan fingerprint density at radius 1 is 1.50 bits per heavy atom. The molecule has 1 aromatic rings. The molecule has 0 saturated carbocycles. The number of carbonyl (C=O) groups is 1. The lowest BCUT2D eigenvalue weighted by molar-refractivity contribution is -0.136. The normalized spacial score (nSPS) is 10.6. The van der Waals surface area contributed by atoms with E-state index in [2.05, 4.69) is 4.74 Å². The van der Waals surface area contributed by atoms with Gasteiger partial charge in [0.2, 0.25) is 0 Å². The minimum absolute atomic E-state index is 0.310. The van der Waals surface area contributed by atoms with Crippen LogP contribution in [0.4, 0.5) is 13.2 Å². The van der Waals surface area contributed by atoms with Crippen LogP contribution < -0.4 is 4.74 Å². The van der Waals surface area contributed by atoms with Crippen molar-refractivity contribution in [1.82, 2.24) is 0 Å². The van der Waals surface area contributed by atoms with Crippen LogP contribution in [0.5, 0.6) is 5.75 Å². The number of aliphatic carboxylic acids is 1. The third-order valence-corrected chi connectivity index (χ3v) is 1.92. The van der Waals surface area contributed by atoms with Gasteiger partial charge in [0.1, 0.15) is 11.6 Å². The van der Waals surface area contributed by atoms with Gasteiger partial charge in [-0.3, -0.25) is 4.79 Å². The minimum atomic E-state index is -3.08. The van der Waals surface area contributed by atoms with Crippen molar-refractivity contribution in [2.24, 2.45) is 0 Å². The molecule has 7 heteroatoms.